The predicted molar refractivity (Wildman–Crippen MR) is 111 cm³/mol. The van der Waals surface area contributed by atoms with Gasteiger partial charge in [0.25, 0.3) is 0 Å². The largest absolute Gasteiger partial charge is 0.507 e. The van der Waals surface area contributed by atoms with Gasteiger partial charge in [0.15, 0.2) is 0 Å². The summed E-state index contributed by atoms with van der Waals surface area (Å²) >= 11 is 0. The van der Waals surface area contributed by atoms with Crippen LogP contribution in [0, 0.1) is 0 Å². The lowest BCUT2D eigenvalue weighted by atomic mass is 9.83. The molecule has 2 atom stereocenters. The monoisotopic (exact) mass is 417 g/mol. The van der Waals surface area contributed by atoms with Gasteiger partial charge in [-0.15, -0.1) is 0 Å². The number of aromatic hydroxyl groups is 4. The third-order valence-electron chi connectivity index (χ3n) is 4.90. The molecule has 162 valence electrons. The second-order valence-corrected chi connectivity index (χ2v) is 7.05. The number of carbonyl (C=O) groups excluding carboxylic acids is 1. The van der Waals surface area contributed by atoms with Crippen LogP contribution in [0.3, 0.4) is 0 Å². The smallest absolute Gasteiger partial charge is 0.331 e. The van der Waals surface area contributed by atoms with E-state index < -0.39 is 17.8 Å². The molecule has 2 aromatic carbocycles. The van der Waals surface area contributed by atoms with Crippen LogP contribution in [0.1, 0.15) is 54.9 Å². The van der Waals surface area contributed by atoms with E-state index in [4.69, 9.17) is 16.3 Å². The molecule has 0 heterocycles. The van der Waals surface area contributed by atoms with Crippen LogP contribution in [0.25, 0.3) is 0 Å². The van der Waals surface area contributed by atoms with E-state index >= 15 is 0 Å². The maximum absolute atomic E-state index is 11.3. The number of rotatable bonds is 7. The third-order valence-corrected chi connectivity index (χ3v) is 4.90. The minimum atomic E-state index is -0.751. The minimum absolute atomic E-state index is 0.121. The number of phenolic OH excluding ortho intramolecular Hbond substituents is 4. The number of nitrogens with zero attached hydrogens (tertiary/aromatic N) is 1. The summed E-state index contributed by atoms with van der Waals surface area (Å²) in [6, 6.07) is 5.69. The molecule has 0 radical (unpaired) electrons. The van der Waals surface area contributed by atoms with Gasteiger partial charge in [0.05, 0.1) is 5.71 Å². The summed E-state index contributed by atoms with van der Waals surface area (Å²) in [5.41, 5.74) is 12.7. The van der Waals surface area contributed by atoms with Crippen LogP contribution in [-0.4, -0.2) is 32.1 Å². The van der Waals surface area contributed by atoms with Gasteiger partial charge in [-0.05, 0) is 35.4 Å². The number of nitrogens with two attached hydrogens (primary N) is 2. The van der Waals surface area contributed by atoms with Crippen molar-refractivity contribution in [3.63, 3.8) is 0 Å². The first-order valence-corrected chi connectivity index (χ1v) is 9.35. The molecule has 0 aliphatic carbocycles. The Morgan fingerprint density at radius 3 is 1.47 bits per heavy atom. The molecule has 0 saturated carbocycles. The summed E-state index contributed by atoms with van der Waals surface area (Å²) in [6.45, 7) is 4.69. The SMILES string of the molecule is CC(=O)ON=C(C(C)c1c(O)cc(CN)cc1O)C(C)c1c(O)cc(CN)cc1O. The van der Waals surface area contributed by atoms with Crippen LogP contribution in [0.4, 0.5) is 0 Å². The van der Waals surface area contributed by atoms with Crippen LogP contribution >= 0.6 is 0 Å². The van der Waals surface area contributed by atoms with Gasteiger partial charge in [-0.3, -0.25) is 0 Å². The topological polar surface area (TPSA) is 172 Å². The molecular weight excluding hydrogens is 390 g/mol. The Labute approximate surface area is 174 Å². The Bertz CT molecular complexity index is 860. The Kier molecular flexibility index (Phi) is 7.25. The van der Waals surface area contributed by atoms with Crippen LogP contribution in [-0.2, 0) is 22.7 Å². The fraction of sp³-hybridized carbons (Fsp3) is 0.333. The number of oxime groups is 1. The Balaban J connectivity index is 2.60. The Morgan fingerprint density at radius 2 is 1.20 bits per heavy atom. The first-order chi connectivity index (χ1) is 14.1. The lowest BCUT2D eigenvalue weighted by Gasteiger charge is -2.24. The molecule has 0 bridgehead atoms. The molecule has 2 unspecified atom stereocenters. The highest BCUT2D eigenvalue weighted by Crippen LogP contribution is 2.42. The van der Waals surface area contributed by atoms with E-state index in [1.807, 2.05) is 0 Å². The molecule has 8 N–H and O–H groups in total. The highest BCUT2D eigenvalue weighted by molar-refractivity contribution is 5.98. The van der Waals surface area contributed by atoms with Crippen LogP contribution in [0.15, 0.2) is 29.4 Å². The maximum Gasteiger partial charge on any atom is 0.331 e. The zero-order chi connectivity index (χ0) is 22.6. The molecule has 9 nitrogen and oxygen atoms in total. The molecule has 0 aliphatic heterocycles. The molecule has 0 saturated heterocycles. The van der Waals surface area contributed by atoms with Gasteiger partial charge in [0.2, 0.25) is 0 Å². The predicted octanol–water partition coefficient (Wildman–Crippen LogP) is 2.25. The van der Waals surface area contributed by atoms with Crippen LogP contribution < -0.4 is 11.5 Å². The fourth-order valence-electron chi connectivity index (χ4n) is 3.43. The fourth-order valence-corrected chi connectivity index (χ4v) is 3.43. The van der Waals surface area contributed by atoms with Gasteiger partial charge >= 0.3 is 5.97 Å². The number of carbonyl (C=O) groups is 1. The number of hydrogen-bond donors (Lipinski definition) is 6. The summed E-state index contributed by atoms with van der Waals surface area (Å²) in [5, 5.41) is 45.7. The second kappa shape index (κ2) is 9.47. The molecular formula is C21H27N3O6. The summed E-state index contributed by atoms with van der Waals surface area (Å²) in [6.07, 6.45) is 0. The average molecular weight is 417 g/mol. The number of hydrogen-bond acceptors (Lipinski definition) is 9. The molecule has 2 aromatic rings. The highest BCUT2D eigenvalue weighted by Gasteiger charge is 2.30. The normalized spacial score (nSPS) is 12.8. The van der Waals surface area contributed by atoms with Crippen molar-refractivity contribution in [1.82, 2.24) is 0 Å². The van der Waals surface area contributed by atoms with E-state index in [2.05, 4.69) is 5.16 Å². The van der Waals surface area contributed by atoms with Gasteiger partial charge < -0.3 is 36.7 Å². The highest BCUT2D eigenvalue weighted by atomic mass is 16.7. The van der Waals surface area contributed by atoms with Gasteiger partial charge in [0.1, 0.15) is 23.0 Å². The van der Waals surface area contributed by atoms with Gasteiger partial charge in [-0.25, -0.2) is 4.79 Å². The van der Waals surface area contributed by atoms with Crippen molar-refractivity contribution < 1.29 is 30.1 Å². The van der Waals surface area contributed by atoms with Crippen LogP contribution in [0.5, 0.6) is 23.0 Å². The Hall–Kier alpha value is -3.30. The maximum atomic E-state index is 11.3. The molecule has 0 fully saturated rings. The van der Waals surface area contributed by atoms with E-state index in [0.29, 0.717) is 11.1 Å². The molecule has 30 heavy (non-hydrogen) atoms. The molecule has 0 spiro atoms. The zero-order valence-corrected chi connectivity index (χ0v) is 17.1. The second-order valence-electron chi connectivity index (χ2n) is 7.05. The molecule has 0 aromatic heterocycles. The standard InChI is InChI=1S/C21H27N3O6/c1-10(19-15(26)4-13(8-22)5-16(19)27)21(24-30-12(3)25)11(2)20-17(28)6-14(9-23)7-18(20)29/h4-7,10-11,26-29H,8-9,22-23H2,1-3H3. The van der Waals surface area contributed by atoms with E-state index in [1.54, 1.807) is 13.8 Å². The summed E-state index contributed by atoms with van der Waals surface area (Å²) in [5.74, 6) is -3.02. The quantitative estimate of drug-likeness (QED) is 0.226. The first-order valence-electron chi connectivity index (χ1n) is 9.35. The summed E-state index contributed by atoms with van der Waals surface area (Å²) < 4.78 is 0. The lowest BCUT2D eigenvalue weighted by Crippen LogP contribution is -2.19. The number of phenols is 4. The lowest BCUT2D eigenvalue weighted by molar-refractivity contribution is -0.141. The van der Waals surface area contributed by atoms with Gasteiger partial charge in [-0.2, -0.15) is 0 Å². The van der Waals surface area contributed by atoms with Crippen molar-refractivity contribution in [1.29, 1.82) is 0 Å². The van der Waals surface area contributed by atoms with Crippen molar-refractivity contribution in [3.05, 3.63) is 46.5 Å². The number of benzene rings is 2. The Morgan fingerprint density at radius 1 is 0.867 bits per heavy atom. The van der Waals surface area contributed by atoms with Crippen molar-refractivity contribution in [2.75, 3.05) is 0 Å². The van der Waals surface area contributed by atoms with Crippen LogP contribution in [0.2, 0.25) is 0 Å². The third kappa shape index (κ3) is 4.81. The molecule has 9 heteroatoms. The van der Waals surface area contributed by atoms with Crippen molar-refractivity contribution in [3.8, 4) is 23.0 Å². The molecule has 0 amide bonds. The van der Waals surface area contributed by atoms with Crippen molar-refractivity contribution in [2.45, 2.75) is 45.7 Å². The van der Waals surface area contributed by atoms with E-state index in [9.17, 15) is 25.2 Å². The first kappa shape index (κ1) is 23.0. The van der Waals surface area contributed by atoms with E-state index in [1.165, 1.54) is 31.2 Å². The summed E-state index contributed by atoms with van der Waals surface area (Å²) in [4.78, 5) is 16.2. The van der Waals surface area contributed by atoms with Gasteiger partial charge in [0, 0.05) is 43.0 Å². The molecule has 0 aliphatic rings. The van der Waals surface area contributed by atoms with Crippen molar-refractivity contribution in [2.24, 2.45) is 16.6 Å². The van der Waals surface area contributed by atoms with Gasteiger partial charge in [-0.1, -0.05) is 19.0 Å². The average Bonchev–Trinajstić information content (AvgIpc) is 2.66. The zero-order valence-electron chi connectivity index (χ0n) is 17.1. The van der Waals surface area contributed by atoms with E-state index in [-0.39, 0.29) is 52.9 Å². The van der Waals surface area contributed by atoms with E-state index in [0.717, 1.165) is 0 Å². The minimum Gasteiger partial charge on any atom is -0.507 e. The summed E-state index contributed by atoms with van der Waals surface area (Å²) in [7, 11) is 0. The van der Waals surface area contributed by atoms with Crippen molar-refractivity contribution >= 4 is 11.7 Å². The molecule has 2 rings (SSSR count).